The number of rotatable bonds is 5. The number of benzene rings is 1. The van der Waals surface area contributed by atoms with Gasteiger partial charge in [-0.25, -0.2) is 0 Å². The Balaban J connectivity index is 2.69. The molecular weight excluding hydrogens is 272 g/mol. The van der Waals surface area contributed by atoms with E-state index in [-0.39, 0.29) is 23.9 Å². The number of carbonyl (C=O) groups excluding carboxylic acids is 1. The first-order valence-electron chi connectivity index (χ1n) is 5.34. The molecule has 0 atom stereocenters. The SMILES string of the molecule is CN(C)C(=O)CCOc1cc(Cl)ccc1C(N)=S. The fourth-order valence-corrected chi connectivity index (χ4v) is 1.62. The summed E-state index contributed by atoms with van der Waals surface area (Å²) < 4.78 is 5.50. The zero-order chi connectivity index (χ0) is 13.7. The molecule has 0 saturated heterocycles. The maximum atomic E-state index is 11.4. The zero-order valence-corrected chi connectivity index (χ0v) is 11.8. The van der Waals surface area contributed by atoms with Gasteiger partial charge in [0.15, 0.2) is 0 Å². The van der Waals surface area contributed by atoms with Gasteiger partial charge in [-0.1, -0.05) is 23.8 Å². The predicted octanol–water partition coefficient (Wildman–Crippen LogP) is 1.83. The smallest absolute Gasteiger partial charge is 0.225 e. The molecule has 0 spiro atoms. The second kappa shape index (κ2) is 6.56. The number of hydrogen-bond acceptors (Lipinski definition) is 3. The van der Waals surface area contributed by atoms with Crippen LogP contribution in [-0.4, -0.2) is 36.5 Å². The molecule has 0 heterocycles. The Labute approximate surface area is 117 Å². The summed E-state index contributed by atoms with van der Waals surface area (Å²) in [7, 11) is 3.39. The van der Waals surface area contributed by atoms with Crippen molar-refractivity contribution in [2.75, 3.05) is 20.7 Å². The molecule has 0 aliphatic heterocycles. The molecule has 0 aliphatic rings. The average molecular weight is 287 g/mol. The third-order valence-electron chi connectivity index (χ3n) is 2.28. The lowest BCUT2D eigenvalue weighted by Crippen LogP contribution is -2.23. The van der Waals surface area contributed by atoms with Crippen molar-refractivity contribution >= 4 is 34.7 Å². The summed E-state index contributed by atoms with van der Waals surface area (Å²) in [5.41, 5.74) is 6.19. The van der Waals surface area contributed by atoms with Crippen LogP contribution in [0.5, 0.6) is 5.75 Å². The van der Waals surface area contributed by atoms with Crippen molar-refractivity contribution in [1.82, 2.24) is 4.90 Å². The molecule has 1 aromatic rings. The second-order valence-corrected chi connectivity index (χ2v) is 4.77. The molecule has 98 valence electrons. The highest BCUT2D eigenvalue weighted by Crippen LogP contribution is 2.23. The molecule has 18 heavy (non-hydrogen) atoms. The van der Waals surface area contributed by atoms with E-state index in [0.29, 0.717) is 16.3 Å². The van der Waals surface area contributed by atoms with Crippen molar-refractivity contribution in [2.24, 2.45) is 5.73 Å². The molecule has 4 nitrogen and oxygen atoms in total. The summed E-state index contributed by atoms with van der Waals surface area (Å²) in [6.45, 7) is 0.257. The maximum Gasteiger partial charge on any atom is 0.225 e. The van der Waals surface area contributed by atoms with Crippen LogP contribution >= 0.6 is 23.8 Å². The average Bonchev–Trinajstić information content (AvgIpc) is 2.28. The third-order valence-corrected chi connectivity index (χ3v) is 2.74. The van der Waals surface area contributed by atoms with Gasteiger partial charge in [-0.2, -0.15) is 0 Å². The Morgan fingerprint density at radius 2 is 2.17 bits per heavy atom. The van der Waals surface area contributed by atoms with Crippen LogP contribution in [0, 0.1) is 0 Å². The van der Waals surface area contributed by atoms with Crippen LogP contribution in [0.3, 0.4) is 0 Å². The van der Waals surface area contributed by atoms with Crippen molar-refractivity contribution in [1.29, 1.82) is 0 Å². The number of halogens is 1. The Bertz CT molecular complexity index is 463. The van der Waals surface area contributed by atoms with Gasteiger partial charge >= 0.3 is 0 Å². The van der Waals surface area contributed by atoms with Gasteiger partial charge in [0.05, 0.1) is 18.6 Å². The number of nitrogens with two attached hydrogens (primary N) is 1. The molecule has 0 aromatic heterocycles. The number of hydrogen-bond donors (Lipinski definition) is 1. The van der Waals surface area contributed by atoms with Gasteiger partial charge in [-0.05, 0) is 18.2 Å². The number of ether oxygens (including phenoxy) is 1. The van der Waals surface area contributed by atoms with Crippen molar-refractivity contribution in [3.05, 3.63) is 28.8 Å². The first-order valence-corrected chi connectivity index (χ1v) is 6.12. The van der Waals surface area contributed by atoms with E-state index in [1.807, 2.05) is 0 Å². The first kappa shape index (κ1) is 14.7. The highest BCUT2D eigenvalue weighted by Gasteiger charge is 2.09. The summed E-state index contributed by atoms with van der Waals surface area (Å²) in [6, 6.07) is 5.03. The molecule has 1 amide bonds. The molecule has 0 fully saturated rings. The largest absolute Gasteiger partial charge is 0.492 e. The molecule has 0 radical (unpaired) electrons. The molecule has 1 rings (SSSR count). The van der Waals surface area contributed by atoms with E-state index in [1.165, 1.54) is 4.90 Å². The molecule has 0 saturated carbocycles. The second-order valence-electron chi connectivity index (χ2n) is 3.89. The van der Waals surface area contributed by atoms with Gasteiger partial charge in [0.25, 0.3) is 0 Å². The van der Waals surface area contributed by atoms with Gasteiger partial charge in [0.1, 0.15) is 10.7 Å². The highest BCUT2D eigenvalue weighted by atomic mass is 35.5. The summed E-state index contributed by atoms with van der Waals surface area (Å²) in [5.74, 6) is 0.496. The van der Waals surface area contributed by atoms with Gasteiger partial charge in [-0.3, -0.25) is 4.79 Å². The Morgan fingerprint density at radius 3 is 2.72 bits per heavy atom. The van der Waals surface area contributed by atoms with E-state index < -0.39 is 0 Å². The van der Waals surface area contributed by atoms with E-state index in [4.69, 9.17) is 34.3 Å². The molecule has 0 unspecified atom stereocenters. The maximum absolute atomic E-state index is 11.4. The van der Waals surface area contributed by atoms with Crippen LogP contribution in [0.15, 0.2) is 18.2 Å². The van der Waals surface area contributed by atoms with Crippen LogP contribution in [-0.2, 0) is 4.79 Å². The van der Waals surface area contributed by atoms with Crippen LogP contribution in [0.2, 0.25) is 5.02 Å². The van der Waals surface area contributed by atoms with E-state index >= 15 is 0 Å². The lowest BCUT2D eigenvalue weighted by atomic mass is 10.2. The Hall–Kier alpha value is -1.33. The fraction of sp³-hybridized carbons (Fsp3) is 0.333. The van der Waals surface area contributed by atoms with Crippen molar-refractivity contribution in [3.63, 3.8) is 0 Å². The van der Waals surface area contributed by atoms with Crippen molar-refractivity contribution in [2.45, 2.75) is 6.42 Å². The fourth-order valence-electron chi connectivity index (χ4n) is 1.29. The number of carbonyl (C=O) groups is 1. The zero-order valence-electron chi connectivity index (χ0n) is 10.3. The quantitative estimate of drug-likeness (QED) is 0.839. The van der Waals surface area contributed by atoms with Gasteiger partial charge < -0.3 is 15.4 Å². The predicted molar refractivity (Wildman–Crippen MR) is 76.1 cm³/mol. The van der Waals surface area contributed by atoms with Crippen LogP contribution in [0.1, 0.15) is 12.0 Å². The Kier molecular flexibility index (Phi) is 5.37. The third kappa shape index (κ3) is 4.16. The molecule has 1 aromatic carbocycles. The Morgan fingerprint density at radius 1 is 1.50 bits per heavy atom. The standard InChI is InChI=1S/C12H15ClN2O2S/c1-15(2)11(16)5-6-17-10-7-8(13)3-4-9(10)12(14)18/h3-4,7H,5-6H2,1-2H3,(H2,14,18). The lowest BCUT2D eigenvalue weighted by molar-refractivity contribution is -0.129. The minimum Gasteiger partial charge on any atom is -0.492 e. The van der Waals surface area contributed by atoms with Crippen LogP contribution in [0.25, 0.3) is 0 Å². The van der Waals surface area contributed by atoms with E-state index in [9.17, 15) is 4.79 Å². The van der Waals surface area contributed by atoms with Gasteiger partial charge in [-0.15, -0.1) is 0 Å². The summed E-state index contributed by atoms with van der Waals surface area (Å²) in [4.78, 5) is 13.1. The van der Waals surface area contributed by atoms with Crippen molar-refractivity contribution < 1.29 is 9.53 Å². The first-order chi connectivity index (χ1) is 8.41. The lowest BCUT2D eigenvalue weighted by Gasteiger charge is -2.13. The van der Waals surface area contributed by atoms with E-state index in [0.717, 1.165) is 0 Å². The van der Waals surface area contributed by atoms with Crippen LogP contribution in [0.4, 0.5) is 0 Å². The molecule has 2 N–H and O–H groups in total. The molecule has 6 heteroatoms. The molecular formula is C12H15ClN2O2S. The van der Waals surface area contributed by atoms with Crippen LogP contribution < -0.4 is 10.5 Å². The number of nitrogens with zero attached hydrogens (tertiary/aromatic N) is 1. The summed E-state index contributed by atoms with van der Waals surface area (Å²) in [6.07, 6.45) is 0.288. The van der Waals surface area contributed by atoms with Gasteiger partial charge in [0.2, 0.25) is 5.91 Å². The monoisotopic (exact) mass is 286 g/mol. The minimum absolute atomic E-state index is 0.00565. The van der Waals surface area contributed by atoms with E-state index in [2.05, 4.69) is 0 Å². The minimum atomic E-state index is -0.00565. The molecule has 0 aliphatic carbocycles. The summed E-state index contributed by atoms with van der Waals surface area (Å²) >= 11 is 10.8. The van der Waals surface area contributed by atoms with Crippen molar-refractivity contribution in [3.8, 4) is 5.75 Å². The highest BCUT2D eigenvalue weighted by molar-refractivity contribution is 7.80. The van der Waals surface area contributed by atoms with E-state index in [1.54, 1.807) is 32.3 Å². The molecule has 0 bridgehead atoms. The van der Waals surface area contributed by atoms with Gasteiger partial charge in [0, 0.05) is 19.1 Å². The number of thiocarbonyl (C=S) groups is 1. The summed E-state index contributed by atoms with van der Waals surface area (Å²) in [5, 5.41) is 0.531. The normalized spacial score (nSPS) is 9.94. The topological polar surface area (TPSA) is 55.6 Å². The number of amides is 1.